The molecule has 2 unspecified atom stereocenters. The number of halogens is 2. The normalized spacial score (nSPS) is 26.3. The average molecular weight is 244 g/mol. The molecule has 0 spiro atoms. The van der Waals surface area contributed by atoms with Crippen LogP contribution in [0.4, 0.5) is 0 Å². The minimum Gasteiger partial charge on any atom is -0.291 e. The molecule has 82 valence electrons. The number of likely N-dealkylation sites (tertiary alicyclic amines) is 1. The van der Waals surface area contributed by atoms with Crippen molar-refractivity contribution >= 4 is 23.2 Å². The number of nitrogens with zero attached hydrogens (tertiary/aromatic N) is 1. The third-order valence-corrected chi connectivity index (χ3v) is 3.76. The number of hydrogen-bond acceptors (Lipinski definition) is 1. The van der Waals surface area contributed by atoms with Crippen LogP contribution < -0.4 is 0 Å². The van der Waals surface area contributed by atoms with Crippen LogP contribution >= 0.6 is 23.2 Å². The second-order valence-electron chi connectivity index (χ2n) is 4.01. The van der Waals surface area contributed by atoms with Gasteiger partial charge in [-0.25, -0.2) is 0 Å². The van der Waals surface area contributed by atoms with E-state index in [1.807, 2.05) is 6.07 Å². The van der Waals surface area contributed by atoms with Gasteiger partial charge < -0.3 is 0 Å². The van der Waals surface area contributed by atoms with E-state index in [4.69, 9.17) is 23.2 Å². The van der Waals surface area contributed by atoms with Crippen LogP contribution in [0.3, 0.4) is 0 Å². The third kappa shape index (κ3) is 2.47. The summed E-state index contributed by atoms with van der Waals surface area (Å²) in [6, 6.07) is 11.5. The Labute approximate surface area is 101 Å². The Hall–Kier alpha value is -0.240. The molecule has 3 heteroatoms. The molecule has 15 heavy (non-hydrogen) atoms. The Kier molecular flexibility index (Phi) is 3.90. The van der Waals surface area contributed by atoms with Gasteiger partial charge in [0.05, 0.1) is 0 Å². The van der Waals surface area contributed by atoms with Gasteiger partial charge in [-0.05, 0) is 12.0 Å². The second-order valence-corrected chi connectivity index (χ2v) is 4.63. The van der Waals surface area contributed by atoms with Crippen LogP contribution in [0.2, 0.25) is 0 Å². The summed E-state index contributed by atoms with van der Waals surface area (Å²) < 4.78 is 0. The Bertz CT molecular complexity index is 292. The maximum absolute atomic E-state index is 5.90. The van der Waals surface area contributed by atoms with E-state index >= 15 is 0 Å². The number of benzene rings is 1. The summed E-state index contributed by atoms with van der Waals surface area (Å²) in [5, 5.41) is 0. The molecular formula is C12H15Cl2N. The van der Waals surface area contributed by atoms with Gasteiger partial charge >= 0.3 is 0 Å². The van der Waals surface area contributed by atoms with Crippen molar-refractivity contribution in [3.63, 3.8) is 0 Å². The highest BCUT2D eigenvalue weighted by atomic mass is 35.5. The van der Waals surface area contributed by atoms with E-state index in [2.05, 4.69) is 29.2 Å². The summed E-state index contributed by atoms with van der Waals surface area (Å²) >= 11 is 11.8. The largest absolute Gasteiger partial charge is 0.291 e. The quantitative estimate of drug-likeness (QED) is 0.735. The molecule has 2 rings (SSSR count). The summed E-state index contributed by atoms with van der Waals surface area (Å²) in [5.74, 6) is 1.42. The van der Waals surface area contributed by atoms with E-state index in [1.54, 1.807) is 0 Å². The molecule has 1 saturated heterocycles. The lowest BCUT2D eigenvalue weighted by molar-refractivity contribution is 0.0338. The summed E-state index contributed by atoms with van der Waals surface area (Å²) in [7, 11) is 0. The lowest BCUT2D eigenvalue weighted by Gasteiger charge is -2.47. The Morgan fingerprint density at radius 2 is 1.67 bits per heavy atom. The van der Waals surface area contributed by atoms with Crippen LogP contribution in [0.5, 0.6) is 0 Å². The number of hydrogen-bond donors (Lipinski definition) is 0. The van der Waals surface area contributed by atoms with Crippen molar-refractivity contribution in [1.82, 2.24) is 4.90 Å². The fourth-order valence-electron chi connectivity index (χ4n) is 2.10. The molecule has 0 aliphatic carbocycles. The van der Waals surface area contributed by atoms with Crippen molar-refractivity contribution in [1.29, 1.82) is 0 Å². The molecule has 0 amide bonds. The predicted octanol–water partition coefficient (Wildman–Crippen LogP) is 3.11. The fourth-order valence-corrected chi connectivity index (χ4v) is 2.71. The van der Waals surface area contributed by atoms with E-state index in [0.29, 0.717) is 23.8 Å². The smallest absolute Gasteiger partial charge is 0.0380 e. The van der Waals surface area contributed by atoms with Crippen molar-refractivity contribution < 1.29 is 0 Å². The van der Waals surface area contributed by atoms with Gasteiger partial charge in [0.15, 0.2) is 0 Å². The highest BCUT2D eigenvalue weighted by molar-refractivity contribution is 6.19. The van der Waals surface area contributed by atoms with Crippen molar-refractivity contribution in [3.05, 3.63) is 35.9 Å². The average Bonchev–Trinajstić information content (AvgIpc) is 2.27. The van der Waals surface area contributed by atoms with Gasteiger partial charge in [0.25, 0.3) is 0 Å². The first kappa shape index (κ1) is 11.3. The Morgan fingerprint density at radius 3 is 2.20 bits per heavy atom. The lowest BCUT2D eigenvalue weighted by Crippen LogP contribution is -2.56. The van der Waals surface area contributed by atoms with Gasteiger partial charge in [-0.1, -0.05) is 30.3 Å². The lowest BCUT2D eigenvalue weighted by atomic mass is 9.94. The maximum Gasteiger partial charge on any atom is 0.0380 e. The van der Waals surface area contributed by atoms with Crippen LogP contribution in [-0.2, 0) is 6.54 Å². The molecule has 0 radical (unpaired) electrons. The molecule has 1 heterocycles. The minimum absolute atomic E-state index is 0.510. The van der Waals surface area contributed by atoms with Gasteiger partial charge in [0.1, 0.15) is 0 Å². The highest BCUT2D eigenvalue weighted by Crippen LogP contribution is 2.29. The second kappa shape index (κ2) is 5.20. The zero-order valence-electron chi connectivity index (χ0n) is 8.57. The predicted molar refractivity (Wildman–Crippen MR) is 65.6 cm³/mol. The molecule has 1 aromatic rings. The monoisotopic (exact) mass is 243 g/mol. The molecule has 1 fully saturated rings. The minimum atomic E-state index is 0.510. The molecule has 0 saturated carbocycles. The van der Waals surface area contributed by atoms with E-state index in [9.17, 15) is 0 Å². The molecule has 1 aromatic carbocycles. The summed E-state index contributed by atoms with van der Waals surface area (Å²) in [6.45, 7) is 0.968. The van der Waals surface area contributed by atoms with Crippen LogP contribution in [0.15, 0.2) is 30.3 Å². The number of rotatable bonds is 4. The van der Waals surface area contributed by atoms with Gasteiger partial charge in [-0.15, -0.1) is 23.2 Å². The van der Waals surface area contributed by atoms with Gasteiger partial charge in [0, 0.05) is 30.4 Å². The van der Waals surface area contributed by atoms with Crippen molar-refractivity contribution in [2.24, 2.45) is 0 Å². The molecule has 2 atom stereocenters. The molecule has 0 bridgehead atoms. The zero-order valence-corrected chi connectivity index (χ0v) is 10.1. The van der Waals surface area contributed by atoms with Crippen LogP contribution in [0.1, 0.15) is 12.0 Å². The van der Waals surface area contributed by atoms with Crippen LogP contribution in [0.25, 0.3) is 0 Å². The molecular weight excluding hydrogens is 229 g/mol. The first-order valence-corrected chi connectivity index (χ1v) is 6.33. The van der Waals surface area contributed by atoms with Crippen molar-refractivity contribution in [2.45, 2.75) is 25.0 Å². The van der Waals surface area contributed by atoms with Gasteiger partial charge in [-0.2, -0.15) is 0 Å². The molecule has 1 nitrogen and oxygen atoms in total. The van der Waals surface area contributed by atoms with E-state index in [-0.39, 0.29) is 0 Å². The molecule has 0 aromatic heterocycles. The molecule has 0 N–H and O–H groups in total. The van der Waals surface area contributed by atoms with Gasteiger partial charge in [0.2, 0.25) is 0 Å². The van der Waals surface area contributed by atoms with E-state index in [0.717, 1.165) is 13.0 Å². The first-order chi connectivity index (χ1) is 7.35. The topological polar surface area (TPSA) is 3.24 Å². The standard InChI is InChI=1S/C12H15Cl2N/c13-7-11-6-12(8-14)15(11)9-10-4-2-1-3-5-10/h1-5,11-12H,6-9H2. The summed E-state index contributed by atoms with van der Waals surface area (Å²) in [5.41, 5.74) is 1.34. The summed E-state index contributed by atoms with van der Waals surface area (Å²) in [4.78, 5) is 2.40. The molecule has 1 aliphatic heterocycles. The van der Waals surface area contributed by atoms with Gasteiger partial charge in [-0.3, -0.25) is 4.90 Å². The first-order valence-electron chi connectivity index (χ1n) is 5.26. The van der Waals surface area contributed by atoms with E-state index < -0.39 is 0 Å². The summed E-state index contributed by atoms with van der Waals surface area (Å²) in [6.07, 6.45) is 1.14. The highest BCUT2D eigenvalue weighted by Gasteiger charge is 2.36. The SMILES string of the molecule is ClCC1CC(CCl)N1Cc1ccccc1. The van der Waals surface area contributed by atoms with Crippen molar-refractivity contribution in [2.75, 3.05) is 11.8 Å². The zero-order chi connectivity index (χ0) is 10.7. The fraction of sp³-hybridized carbons (Fsp3) is 0.500. The Morgan fingerprint density at radius 1 is 1.07 bits per heavy atom. The van der Waals surface area contributed by atoms with E-state index in [1.165, 1.54) is 5.56 Å². The number of alkyl halides is 2. The van der Waals surface area contributed by atoms with Crippen LogP contribution in [0, 0.1) is 0 Å². The Balaban J connectivity index is 1.98. The van der Waals surface area contributed by atoms with Crippen molar-refractivity contribution in [3.8, 4) is 0 Å². The maximum atomic E-state index is 5.90. The third-order valence-electron chi connectivity index (χ3n) is 3.05. The van der Waals surface area contributed by atoms with Crippen LogP contribution in [-0.4, -0.2) is 28.7 Å². The molecule has 1 aliphatic rings.